The third-order valence-electron chi connectivity index (χ3n) is 3.51. The van der Waals surface area contributed by atoms with Gasteiger partial charge in [0, 0.05) is 37.7 Å². The van der Waals surface area contributed by atoms with E-state index in [-0.39, 0.29) is 6.04 Å². The van der Waals surface area contributed by atoms with Crippen LogP contribution in [-0.4, -0.2) is 18.3 Å². The minimum absolute atomic E-state index is 0.256. The van der Waals surface area contributed by atoms with E-state index in [0.717, 1.165) is 26.0 Å². The smallest absolute Gasteiger partial charge is 0.0479 e. The van der Waals surface area contributed by atoms with Gasteiger partial charge in [0.15, 0.2) is 0 Å². The van der Waals surface area contributed by atoms with Gasteiger partial charge in [0.1, 0.15) is 0 Å². The van der Waals surface area contributed by atoms with E-state index in [1.54, 1.807) is 7.11 Å². The number of nitrogens with two attached hydrogens (primary N) is 1. The molecule has 1 heterocycles. The van der Waals surface area contributed by atoms with E-state index < -0.39 is 0 Å². The maximum atomic E-state index is 6.15. The predicted molar refractivity (Wildman–Crippen MR) is 65.5 cm³/mol. The van der Waals surface area contributed by atoms with Crippen LogP contribution in [0, 0.1) is 6.92 Å². The fourth-order valence-corrected chi connectivity index (χ4v) is 2.68. The van der Waals surface area contributed by atoms with Gasteiger partial charge in [-0.3, -0.25) is 0 Å². The Labute approximate surface area is 97.6 Å². The summed E-state index contributed by atoms with van der Waals surface area (Å²) in [4.78, 5) is 0. The summed E-state index contributed by atoms with van der Waals surface area (Å²) in [6, 6.07) is 2.53. The second-order valence-corrected chi connectivity index (χ2v) is 4.68. The molecule has 3 heteroatoms. The molecule has 3 nitrogen and oxygen atoms in total. The number of fused-ring (bicyclic) bond motifs is 1. The summed E-state index contributed by atoms with van der Waals surface area (Å²) in [6.07, 6.45) is 4.62. The molecule has 1 aromatic heterocycles. The molecule has 1 aromatic rings. The highest BCUT2D eigenvalue weighted by Gasteiger charge is 2.21. The van der Waals surface area contributed by atoms with Crippen molar-refractivity contribution >= 4 is 0 Å². The van der Waals surface area contributed by atoms with Crippen LogP contribution in [0.25, 0.3) is 0 Å². The summed E-state index contributed by atoms with van der Waals surface area (Å²) < 4.78 is 7.53. The van der Waals surface area contributed by atoms with E-state index in [4.69, 9.17) is 10.5 Å². The van der Waals surface area contributed by atoms with E-state index in [1.807, 2.05) is 0 Å². The quantitative estimate of drug-likeness (QED) is 0.793. The van der Waals surface area contributed by atoms with Crippen molar-refractivity contribution in [1.82, 2.24) is 4.57 Å². The van der Waals surface area contributed by atoms with Crippen LogP contribution < -0.4 is 5.73 Å². The average molecular weight is 222 g/mol. The first-order valence-electron chi connectivity index (χ1n) is 6.17. The second-order valence-electron chi connectivity index (χ2n) is 4.68. The number of rotatable bonds is 4. The van der Waals surface area contributed by atoms with E-state index in [1.165, 1.54) is 29.8 Å². The molecule has 2 rings (SSSR count). The molecule has 0 spiro atoms. The predicted octanol–water partition coefficient (Wildman–Crippen LogP) is 2.17. The fourth-order valence-electron chi connectivity index (χ4n) is 2.68. The zero-order chi connectivity index (χ0) is 11.5. The lowest BCUT2D eigenvalue weighted by atomic mass is 9.93. The lowest BCUT2D eigenvalue weighted by Gasteiger charge is -2.21. The van der Waals surface area contributed by atoms with Crippen LogP contribution in [0.15, 0.2) is 6.07 Å². The van der Waals surface area contributed by atoms with Gasteiger partial charge in [-0.1, -0.05) is 0 Å². The number of hydrogen-bond acceptors (Lipinski definition) is 2. The van der Waals surface area contributed by atoms with E-state index in [0.29, 0.717) is 0 Å². The van der Waals surface area contributed by atoms with Crippen LogP contribution >= 0.6 is 0 Å². The van der Waals surface area contributed by atoms with Crippen LogP contribution in [0.5, 0.6) is 0 Å². The molecule has 2 N–H and O–H groups in total. The van der Waals surface area contributed by atoms with Gasteiger partial charge in [-0.25, -0.2) is 0 Å². The minimum Gasteiger partial charge on any atom is -0.385 e. The van der Waals surface area contributed by atoms with Gasteiger partial charge in [-0.2, -0.15) is 0 Å². The molecule has 0 saturated carbocycles. The third-order valence-corrected chi connectivity index (χ3v) is 3.51. The normalized spacial score (nSPS) is 19.8. The van der Waals surface area contributed by atoms with Crippen LogP contribution in [0.4, 0.5) is 0 Å². The lowest BCUT2D eigenvalue weighted by molar-refractivity contribution is 0.190. The topological polar surface area (TPSA) is 40.2 Å². The second kappa shape index (κ2) is 5.02. The first-order chi connectivity index (χ1) is 7.74. The van der Waals surface area contributed by atoms with Crippen LogP contribution in [-0.2, 0) is 17.7 Å². The highest BCUT2D eigenvalue weighted by atomic mass is 16.5. The zero-order valence-electron chi connectivity index (χ0n) is 10.3. The molecular weight excluding hydrogens is 200 g/mol. The Morgan fingerprint density at radius 1 is 1.56 bits per heavy atom. The Kier molecular flexibility index (Phi) is 3.66. The SMILES string of the molecule is COCCCn1c(C)cc2c1CCCC2N. The molecule has 0 aromatic carbocycles. The Hall–Kier alpha value is -0.800. The van der Waals surface area contributed by atoms with Crippen LogP contribution in [0.2, 0.25) is 0 Å². The number of ether oxygens (including phenoxy) is 1. The molecule has 0 radical (unpaired) electrons. The largest absolute Gasteiger partial charge is 0.385 e. The van der Waals surface area contributed by atoms with Crippen LogP contribution in [0.1, 0.15) is 42.3 Å². The Bertz CT molecular complexity index is 357. The Morgan fingerprint density at radius 3 is 3.12 bits per heavy atom. The maximum absolute atomic E-state index is 6.15. The van der Waals surface area contributed by atoms with E-state index >= 15 is 0 Å². The van der Waals surface area contributed by atoms with Crippen molar-refractivity contribution in [3.05, 3.63) is 23.0 Å². The molecule has 0 fully saturated rings. The summed E-state index contributed by atoms with van der Waals surface area (Å²) in [5, 5.41) is 0. The Balaban J connectivity index is 2.17. The molecule has 1 atom stereocenters. The lowest BCUT2D eigenvalue weighted by Crippen LogP contribution is -2.18. The van der Waals surface area contributed by atoms with Crippen molar-refractivity contribution in [2.45, 2.75) is 45.2 Å². The summed E-state index contributed by atoms with van der Waals surface area (Å²) in [7, 11) is 1.76. The number of methoxy groups -OCH3 is 1. The van der Waals surface area contributed by atoms with E-state index in [9.17, 15) is 0 Å². The third kappa shape index (κ3) is 2.15. The van der Waals surface area contributed by atoms with Crippen molar-refractivity contribution in [1.29, 1.82) is 0 Å². The number of aromatic nitrogens is 1. The molecule has 16 heavy (non-hydrogen) atoms. The standard InChI is InChI=1S/C13H22N2O/c1-10-9-11-12(14)5-3-6-13(11)15(10)7-4-8-16-2/h9,12H,3-8,14H2,1-2H3. The molecular formula is C13H22N2O. The molecule has 0 saturated heterocycles. The van der Waals surface area contributed by atoms with Gasteiger partial charge in [0.25, 0.3) is 0 Å². The van der Waals surface area contributed by atoms with Crippen molar-refractivity contribution in [2.24, 2.45) is 5.73 Å². The fraction of sp³-hybridized carbons (Fsp3) is 0.692. The van der Waals surface area contributed by atoms with Crippen molar-refractivity contribution < 1.29 is 4.74 Å². The van der Waals surface area contributed by atoms with Gasteiger partial charge in [-0.05, 0) is 44.2 Å². The van der Waals surface area contributed by atoms with Crippen LogP contribution in [0.3, 0.4) is 0 Å². The number of nitrogens with zero attached hydrogens (tertiary/aromatic N) is 1. The Morgan fingerprint density at radius 2 is 2.38 bits per heavy atom. The summed E-state index contributed by atoms with van der Waals surface area (Å²) in [6.45, 7) is 4.07. The zero-order valence-corrected chi connectivity index (χ0v) is 10.3. The van der Waals surface area contributed by atoms with Gasteiger partial charge >= 0.3 is 0 Å². The van der Waals surface area contributed by atoms with E-state index in [2.05, 4.69) is 17.6 Å². The first-order valence-corrected chi connectivity index (χ1v) is 6.17. The highest BCUT2D eigenvalue weighted by molar-refractivity contribution is 5.32. The van der Waals surface area contributed by atoms with Gasteiger partial charge in [0.2, 0.25) is 0 Å². The monoisotopic (exact) mass is 222 g/mol. The summed E-state index contributed by atoms with van der Waals surface area (Å²) in [5.74, 6) is 0. The summed E-state index contributed by atoms with van der Waals surface area (Å²) >= 11 is 0. The molecule has 1 aliphatic carbocycles. The number of hydrogen-bond donors (Lipinski definition) is 1. The maximum Gasteiger partial charge on any atom is 0.0479 e. The average Bonchev–Trinajstić information content (AvgIpc) is 2.58. The van der Waals surface area contributed by atoms with Crippen molar-refractivity contribution in [3.8, 4) is 0 Å². The minimum atomic E-state index is 0.256. The summed E-state index contributed by atoms with van der Waals surface area (Å²) in [5.41, 5.74) is 10.3. The van der Waals surface area contributed by atoms with Gasteiger partial charge < -0.3 is 15.0 Å². The molecule has 0 amide bonds. The van der Waals surface area contributed by atoms with Crippen molar-refractivity contribution in [2.75, 3.05) is 13.7 Å². The number of aryl methyl sites for hydroxylation is 1. The molecule has 1 aliphatic rings. The molecule has 0 aliphatic heterocycles. The highest BCUT2D eigenvalue weighted by Crippen LogP contribution is 2.30. The first kappa shape index (κ1) is 11.7. The van der Waals surface area contributed by atoms with Crippen molar-refractivity contribution in [3.63, 3.8) is 0 Å². The molecule has 1 unspecified atom stereocenters. The van der Waals surface area contributed by atoms with Gasteiger partial charge in [-0.15, -0.1) is 0 Å². The van der Waals surface area contributed by atoms with Gasteiger partial charge in [0.05, 0.1) is 0 Å². The molecule has 0 bridgehead atoms. The molecule has 90 valence electrons.